The molecule has 3 nitrogen and oxygen atoms in total. The van der Waals surface area contributed by atoms with Crippen LogP contribution in [0.2, 0.25) is 20.1 Å². The van der Waals surface area contributed by atoms with E-state index in [1.54, 1.807) is 12.1 Å². The lowest BCUT2D eigenvalue weighted by molar-refractivity contribution is -0.0419. The molecule has 4 atom stereocenters. The molecule has 0 aromatic heterocycles. The third-order valence-electron chi connectivity index (χ3n) is 4.23. The Bertz CT molecular complexity index is 724. The standard InChI is InChI=1S/C18H14Cl4O3/c19-11-3-1-9(5-13(11)21)17(15-7-23-15)25-18(16-8-24-16)10-2-4-12(20)14(22)6-10/h1-6,15-18H,7-8H2. The molecular formula is C18H14Cl4O3. The second-order valence-electron chi connectivity index (χ2n) is 6.07. The van der Waals surface area contributed by atoms with Crippen molar-refractivity contribution in [1.82, 2.24) is 0 Å². The van der Waals surface area contributed by atoms with Crippen LogP contribution in [0.15, 0.2) is 36.4 Å². The van der Waals surface area contributed by atoms with Crippen molar-refractivity contribution >= 4 is 46.4 Å². The Hall–Kier alpha value is -0.520. The Labute approximate surface area is 165 Å². The molecule has 2 saturated heterocycles. The van der Waals surface area contributed by atoms with Gasteiger partial charge < -0.3 is 14.2 Å². The van der Waals surface area contributed by atoms with E-state index in [1.165, 1.54) is 0 Å². The Morgan fingerprint density at radius 2 is 1.12 bits per heavy atom. The number of benzene rings is 2. The molecule has 4 rings (SSSR count). The van der Waals surface area contributed by atoms with Crippen LogP contribution >= 0.6 is 46.4 Å². The van der Waals surface area contributed by atoms with Crippen molar-refractivity contribution in [3.8, 4) is 0 Å². The molecule has 2 aliphatic heterocycles. The molecule has 0 aliphatic carbocycles. The minimum atomic E-state index is -0.265. The van der Waals surface area contributed by atoms with E-state index in [9.17, 15) is 0 Å². The van der Waals surface area contributed by atoms with Gasteiger partial charge in [-0.2, -0.15) is 0 Å². The van der Waals surface area contributed by atoms with Gasteiger partial charge in [-0.15, -0.1) is 0 Å². The van der Waals surface area contributed by atoms with Gasteiger partial charge in [0.2, 0.25) is 0 Å². The quantitative estimate of drug-likeness (QED) is 0.547. The lowest BCUT2D eigenvalue weighted by Crippen LogP contribution is -2.19. The Morgan fingerprint density at radius 1 is 0.720 bits per heavy atom. The third kappa shape index (κ3) is 4.09. The van der Waals surface area contributed by atoms with E-state index < -0.39 is 0 Å². The molecule has 2 aromatic rings. The van der Waals surface area contributed by atoms with E-state index in [4.69, 9.17) is 60.6 Å². The number of epoxide rings is 2. The molecular weight excluding hydrogens is 406 g/mol. The summed E-state index contributed by atoms with van der Waals surface area (Å²) in [6, 6.07) is 11.0. The molecule has 4 unspecified atom stereocenters. The Morgan fingerprint density at radius 3 is 1.44 bits per heavy atom. The molecule has 0 radical (unpaired) electrons. The van der Waals surface area contributed by atoms with E-state index in [0.717, 1.165) is 11.1 Å². The summed E-state index contributed by atoms with van der Waals surface area (Å²) in [5, 5.41) is 1.99. The maximum Gasteiger partial charge on any atom is 0.112 e. The number of hydrogen-bond acceptors (Lipinski definition) is 3. The molecule has 7 heteroatoms. The van der Waals surface area contributed by atoms with Crippen molar-refractivity contribution in [2.24, 2.45) is 0 Å². The third-order valence-corrected chi connectivity index (χ3v) is 5.71. The van der Waals surface area contributed by atoms with Crippen molar-refractivity contribution < 1.29 is 14.2 Å². The van der Waals surface area contributed by atoms with Gasteiger partial charge in [-0.05, 0) is 35.4 Å². The molecule has 0 spiro atoms. The summed E-state index contributed by atoms with van der Waals surface area (Å²) in [6.45, 7) is 1.29. The van der Waals surface area contributed by atoms with Crippen LogP contribution in [0.3, 0.4) is 0 Å². The number of halogens is 4. The largest absolute Gasteiger partial charge is 0.370 e. The number of ether oxygens (including phenoxy) is 3. The minimum Gasteiger partial charge on any atom is -0.370 e. The fraction of sp³-hybridized carbons (Fsp3) is 0.333. The van der Waals surface area contributed by atoms with Gasteiger partial charge in [0.05, 0.1) is 33.3 Å². The maximum absolute atomic E-state index is 6.41. The molecule has 0 N–H and O–H groups in total. The van der Waals surface area contributed by atoms with E-state index >= 15 is 0 Å². The molecule has 2 fully saturated rings. The topological polar surface area (TPSA) is 34.3 Å². The highest BCUT2D eigenvalue weighted by atomic mass is 35.5. The summed E-state index contributed by atoms with van der Waals surface area (Å²) in [5.74, 6) is 0. The van der Waals surface area contributed by atoms with Crippen LogP contribution in [-0.2, 0) is 14.2 Å². The first kappa shape index (κ1) is 17.9. The van der Waals surface area contributed by atoms with Gasteiger partial charge >= 0.3 is 0 Å². The molecule has 0 saturated carbocycles. The summed E-state index contributed by atoms with van der Waals surface area (Å²) in [4.78, 5) is 0. The van der Waals surface area contributed by atoms with Gasteiger partial charge in [0.1, 0.15) is 24.4 Å². The summed E-state index contributed by atoms with van der Waals surface area (Å²) >= 11 is 24.4. The second kappa shape index (κ2) is 7.24. The molecule has 0 bridgehead atoms. The maximum atomic E-state index is 6.41. The highest BCUT2D eigenvalue weighted by molar-refractivity contribution is 6.42. The van der Waals surface area contributed by atoms with Gasteiger partial charge in [0, 0.05) is 0 Å². The van der Waals surface area contributed by atoms with Gasteiger partial charge in [-0.3, -0.25) is 0 Å². The average Bonchev–Trinajstić information content (AvgIpc) is 3.46. The van der Waals surface area contributed by atoms with Crippen molar-refractivity contribution in [2.45, 2.75) is 24.4 Å². The summed E-state index contributed by atoms with van der Waals surface area (Å²) < 4.78 is 17.4. The zero-order valence-corrected chi connectivity index (χ0v) is 15.9. The first-order valence-electron chi connectivity index (χ1n) is 7.81. The van der Waals surface area contributed by atoms with Crippen molar-refractivity contribution in [2.75, 3.05) is 13.2 Å². The van der Waals surface area contributed by atoms with Crippen LogP contribution in [0.25, 0.3) is 0 Å². The van der Waals surface area contributed by atoms with E-state index in [2.05, 4.69) is 0 Å². The van der Waals surface area contributed by atoms with Gasteiger partial charge in [-0.25, -0.2) is 0 Å². The SMILES string of the molecule is Clc1ccc(C(OC(c2ccc(Cl)c(Cl)c2)C2CO2)C2CO2)cc1Cl. The average molecular weight is 420 g/mol. The van der Waals surface area contributed by atoms with Crippen LogP contribution in [0.1, 0.15) is 23.3 Å². The predicted molar refractivity (Wildman–Crippen MR) is 99.0 cm³/mol. The summed E-state index contributed by atoms with van der Waals surface area (Å²) in [6.07, 6.45) is -0.556. The lowest BCUT2D eigenvalue weighted by Gasteiger charge is -2.24. The minimum absolute atomic E-state index is 0.0127. The van der Waals surface area contributed by atoms with Crippen LogP contribution in [0.5, 0.6) is 0 Å². The zero-order valence-electron chi connectivity index (χ0n) is 12.9. The van der Waals surface area contributed by atoms with Crippen molar-refractivity contribution in [3.63, 3.8) is 0 Å². The molecule has 2 aliphatic rings. The van der Waals surface area contributed by atoms with Gasteiger partial charge in [-0.1, -0.05) is 58.5 Å². The number of hydrogen-bond donors (Lipinski definition) is 0. The fourth-order valence-corrected chi connectivity index (χ4v) is 3.37. The Kier molecular flexibility index (Phi) is 5.18. The normalized spacial score (nSPS) is 24.0. The van der Waals surface area contributed by atoms with Crippen LogP contribution in [0.4, 0.5) is 0 Å². The summed E-state index contributed by atoms with van der Waals surface area (Å²) in [5.41, 5.74) is 1.84. The zero-order chi connectivity index (χ0) is 17.6. The van der Waals surface area contributed by atoms with E-state index in [1.807, 2.05) is 24.3 Å². The molecule has 25 heavy (non-hydrogen) atoms. The van der Waals surface area contributed by atoms with E-state index in [0.29, 0.717) is 33.3 Å². The van der Waals surface area contributed by atoms with Crippen LogP contribution in [-0.4, -0.2) is 25.4 Å². The smallest absolute Gasteiger partial charge is 0.112 e. The van der Waals surface area contributed by atoms with Crippen LogP contribution in [0, 0.1) is 0 Å². The van der Waals surface area contributed by atoms with Crippen LogP contribution < -0.4 is 0 Å². The molecule has 0 amide bonds. The predicted octanol–water partition coefficient (Wildman–Crippen LogP) is 5.90. The van der Waals surface area contributed by atoms with Gasteiger partial charge in [0.15, 0.2) is 0 Å². The first-order chi connectivity index (χ1) is 12.0. The van der Waals surface area contributed by atoms with Gasteiger partial charge in [0.25, 0.3) is 0 Å². The monoisotopic (exact) mass is 418 g/mol. The lowest BCUT2D eigenvalue weighted by atomic mass is 10.0. The van der Waals surface area contributed by atoms with E-state index in [-0.39, 0.29) is 24.4 Å². The highest BCUT2D eigenvalue weighted by Gasteiger charge is 2.42. The second-order valence-corrected chi connectivity index (χ2v) is 7.70. The van der Waals surface area contributed by atoms with Crippen molar-refractivity contribution in [3.05, 3.63) is 67.6 Å². The fourth-order valence-electron chi connectivity index (χ4n) is 2.76. The number of rotatable bonds is 6. The van der Waals surface area contributed by atoms with Crippen molar-refractivity contribution in [1.29, 1.82) is 0 Å². The molecule has 2 aromatic carbocycles. The molecule has 132 valence electrons. The summed E-state index contributed by atoms with van der Waals surface area (Å²) in [7, 11) is 0. The Balaban J connectivity index is 1.62. The molecule has 2 heterocycles. The first-order valence-corrected chi connectivity index (χ1v) is 9.32. The highest BCUT2D eigenvalue weighted by Crippen LogP contribution is 2.42.